The molecule has 0 spiro atoms. The highest BCUT2D eigenvalue weighted by molar-refractivity contribution is 5.56. The van der Waals surface area contributed by atoms with Crippen LogP contribution in [0.2, 0.25) is 0 Å². The predicted octanol–water partition coefficient (Wildman–Crippen LogP) is 1.12. The normalized spacial score (nSPS) is 20.8. The summed E-state index contributed by atoms with van der Waals surface area (Å²) >= 11 is 0. The third kappa shape index (κ3) is 1.86. The zero-order chi connectivity index (χ0) is 10.8. The van der Waals surface area contributed by atoms with Crippen LogP contribution in [0, 0.1) is 0 Å². The molecule has 2 fully saturated rings. The van der Waals surface area contributed by atoms with Crippen LogP contribution in [0.5, 0.6) is 0 Å². The van der Waals surface area contributed by atoms with Crippen molar-refractivity contribution < 1.29 is 0 Å². The summed E-state index contributed by atoms with van der Waals surface area (Å²) in [6.45, 7) is 4.41. The van der Waals surface area contributed by atoms with Gasteiger partial charge >= 0.3 is 0 Å². The van der Waals surface area contributed by atoms with E-state index in [1.54, 1.807) is 0 Å². The Morgan fingerprint density at radius 3 is 1.50 bits per heavy atom. The van der Waals surface area contributed by atoms with Gasteiger partial charge in [-0.15, -0.1) is 0 Å². The Morgan fingerprint density at radius 2 is 1.19 bits per heavy atom. The van der Waals surface area contributed by atoms with Gasteiger partial charge < -0.3 is 10.0 Å². The number of hydrogen-bond acceptors (Lipinski definition) is 4. The minimum Gasteiger partial charge on any atom is -0.308 e. The molecular formula is C12H18N4. The topological polar surface area (TPSA) is 30.5 Å². The molecule has 16 heavy (non-hydrogen) atoms. The summed E-state index contributed by atoms with van der Waals surface area (Å²) in [5.74, 6) is 0. The van der Waals surface area contributed by atoms with E-state index in [4.69, 9.17) is 0 Å². The number of nitrogens with one attached hydrogen (secondary N) is 2. The minimum atomic E-state index is 1.09. The zero-order valence-corrected chi connectivity index (χ0v) is 9.45. The molecule has 0 bridgehead atoms. The van der Waals surface area contributed by atoms with Crippen LogP contribution < -0.4 is 20.9 Å². The molecule has 0 unspecified atom stereocenters. The summed E-state index contributed by atoms with van der Waals surface area (Å²) < 4.78 is 0. The first-order chi connectivity index (χ1) is 7.93. The predicted molar refractivity (Wildman–Crippen MR) is 66.4 cm³/mol. The Labute approximate surface area is 96.2 Å². The molecular weight excluding hydrogens is 200 g/mol. The molecule has 0 atom stereocenters. The number of benzene rings is 1. The number of anilines is 2. The average Bonchev–Trinajstić information content (AvgIpc) is 3.03. The summed E-state index contributed by atoms with van der Waals surface area (Å²) in [7, 11) is 0. The third-order valence-electron chi connectivity index (χ3n) is 3.20. The van der Waals surface area contributed by atoms with E-state index >= 15 is 0 Å². The van der Waals surface area contributed by atoms with Crippen molar-refractivity contribution in [2.45, 2.75) is 12.8 Å². The van der Waals surface area contributed by atoms with Crippen molar-refractivity contribution in [1.82, 2.24) is 10.9 Å². The molecule has 2 aliphatic heterocycles. The maximum atomic E-state index is 3.37. The van der Waals surface area contributed by atoms with Crippen molar-refractivity contribution in [3.05, 3.63) is 24.3 Å². The quantitative estimate of drug-likeness (QED) is 0.778. The molecule has 0 amide bonds. The fourth-order valence-electron chi connectivity index (χ4n) is 2.31. The Morgan fingerprint density at radius 1 is 0.750 bits per heavy atom. The van der Waals surface area contributed by atoms with Crippen molar-refractivity contribution in [3.63, 3.8) is 0 Å². The van der Waals surface area contributed by atoms with Gasteiger partial charge in [0.1, 0.15) is 0 Å². The Bertz CT molecular complexity index is 302. The van der Waals surface area contributed by atoms with Crippen molar-refractivity contribution >= 4 is 11.4 Å². The third-order valence-corrected chi connectivity index (χ3v) is 3.20. The highest BCUT2D eigenvalue weighted by atomic mass is 15.5. The van der Waals surface area contributed by atoms with Gasteiger partial charge in [0.15, 0.2) is 0 Å². The fourth-order valence-corrected chi connectivity index (χ4v) is 2.31. The molecule has 2 aliphatic rings. The van der Waals surface area contributed by atoms with Gasteiger partial charge in [-0.25, -0.2) is 10.9 Å². The lowest BCUT2D eigenvalue weighted by molar-refractivity contribution is 0.780. The molecule has 2 N–H and O–H groups in total. The van der Waals surface area contributed by atoms with E-state index in [1.165, 1.54) is 24.2 Å². The van der Waals surface area contributed by atoms with Crippen molar-refractivity contribution in [3.8, 4) is 0 Å². The van der Waals surface area contributed by atoms with Crippen molar-refractivity contribution in [1.29, 1.82) is 0 Å². The van der Waals surface area contributed by atoms with Crippen LogP contribution in [0.25, 0.3) is 0 Å². The van der Waals surface area contributed by atoms with E-state index in [-0.39, 0.29) is 0 Å². The number of rotatable bonds is 2. The largest absolute Gasteiger partial charge is 0.308 e. The van der Waals surface area contributed by atoms with Crippen LogP contribution in [0.1, 0.15) is 12.8 Å². The Hall–Kier alpha value is -1.26. The van der Waals surface area contributed by atoms with Crippen molar-refractivity contribution in [2.24, 2.45) is 0 Å². The first kappa shape index (κ1) is 9.93. The van der Waals surface area contributed by atoms with E-state index in [2.05, 4.69) is 45.1 Å². The van der Waals surface area contributed by atoms with Crippen LogP contribution in [0.4, 0.5) is 11.4 Å². The van der Waals surface area contributed by atoms with E-state index in [0.717, 1.165) is 26.2 Å². The molecule has 4 heteroatoms. The van der Waals surface area contributed by atoms with Gasteiger partial charge in [-0.2, -0.15) is 0 Å². The fraction of sp³-hybridized carbons (Fsp3) is 0.500. The van der Waals surface area contributed by atoms with E-state index < -0.39 is 0 Å². The second-order valence-electron chi connectivity index (χ2n) is 4.34. The van der Waals surface area contributed by atoms with E-state index in [9.17, 15) is 0 Å². The molecule has 86 valence electrons. The molecule has 1 aromatic carbocycles. The second kappa shape index (κ2) is 4.31. The Kier molecular flexibility index (Phi) is 2.68. The minimum absolute atomic E-state index is 1.09. The van der Waals surface area contributed by atoms with E-state index in [1.807, 2.05) is 0 Å². The van der Waals surface area contributed by atoms with Crippen LogP contribution in [0.3, 0.4) is 0 Å². The van der Waals surface area contributed by atoms with Gasteiger partial charge in [-0.05, 0) is 37.1 Å². The first-order valence-electron chi connectivity index (χ1n) is 6.06. The SMILES string of the molecule is c1cc(N2CCCN2)ccc1N1CCCN1. The summed E-state index contributed by atoms with van der Waals surface area (Å²) in [4.78, 5) is 0. The summed E-state index contributed by atoms with van der Waals surface area (Å²) in [5, 5.41) is 4.45. The van der Waals surface area contributed by atoms with Gasteiger partial charge in [0, 0.05) is 26.2 Å². The van der Waals surface area contributed by atoms with Gasteiger partial charge in [-0.1, -0.05) is 0 Å². The first-order valence-corrected chi connectivity index (χ1v) is 6.06. The number of nitrogens with zero attached hydrogens (tertiary/aromatic N) is 2. The maximum Gasteiger partial charge on any atom is 0.0521 e. The molecule has 0 aliphatic carbocycles. The van der Waals surface area contributed by atoms with Gasteiger partial charge in [0.2, 0.25) is 0 Å². The molecule has 0 aromatic heterocycles. The average molecular weight is 218 g/mol. The highest BCUT2D eigenvalue weighted by Crippen LogP contribution is 2.21. The van der Waals surface area contributed by atoms with E-state index in [0.29, 0.717) is 0 Å². The number of hydrogen-bond donors (Lipinski definition) is 2. The van der Waals surface area contributed by atoms with Crippen molar-refractivity contribution in [2.75, 3.05) is 36.2 Å². The van der Waals surface area contributed by atoms with Crippen LogP contribution in [-0.2, 0) is 0 Å². The highest BCUT2D eigenvalue weighted by Gasteiger charge is 2.14. The van der Waals surface area contributed by atoms with Gasteiger partial charge in [0.05, 0.1) is 11.4 Å². The zero-order valence-electron chi connectivity index (χ0n) is 9.45. The summed E-state index contributed by atoms with van der Waals surface area (Å²) in [5.41, 5.74) is 9.26. The lowest BCUT2D eigenvalue weighted by Gasteiger charge is -2.21. The number of hydrazine groups is 2. The molecule has 0 radical (unpaired) electrons. The summed E-state index contributed by atoms with van der Waals surface area (Å²) in [6, 6.07) is 8.75. The molecule has 3 rings (SSSR count). The van der Waals surface area contributed by atoms with Crippen LogP contribution in [0.15, 0.2) is 24.3 Å². The molecule has 1 aromatic rings. The van der Waals surface area contributed by atoms with Gasteiger partial charge in [-0.3, -0.25) is 0 Å². The lowest BCUT2D eigenvalue weighted by Crippen LogP contribution is -2.31. The van der Waals surface area contributed by atoms with Gasteiger partial charge in [0.25, 0.3) is 0 Å². The lowest BCUT2D eigenvalue weighted by atomic mass is 10.2. The smallest absolute Gasteiger partial charge is 0.0521 e. The summed E-state index contributed by atoms with van der Waals surface area (Å²) in [6.07, 6.45) is 2.46. The molecule has 2 heterocycles. The molecule has 4 nitrogen and oxygen atoms in total. The van der Waals surface area contributed by atoms with Crippen LogP contribution >= 0.6 is 0 Å². The molecule has 2 saturated heterocycles. The van der Waals surface area contributed by atoms with Crippen LogP contribution in [-0.4, -0.2) is 26.2 Å². The second-order valence-corrected chi connectivity index (χ2v) is 4.34. The molecule has 0 saturated carbocycles. The maximum absolute atomic E-state index is 3.37. The monoisotopic (exact) mass is 218 g/mol. The Balaban J connectivity index is 1.73. The standard InChI is InChI=1S/C12H18N4/c1-7-13-15(9-1)11-3-5-12(6-4-11)16-10-2-8-14-16/h3-6,13-14H,1-2,7-10H2.